The molecule has 0 saturated carbocycles. The number of anilines is 2. The predicted molar refractivity (Wildman–Crippen MR) is 117 cm³/mol. The summed E-state index contributed by atoms with van der Waals surface area (Å²) >= 11 is 0. The highest BCUT2D eigenvalue weighted by atomic mass is 19.1. The van der Waals surface area contributed by atoms with Crippen LogP contribution in [0.3, 0.4) is 0 Å². The van der Waals surface area contributed by atoms with Gasteiger partial charge in [0.15, 0.2) is 0 Å². The van der Waals surface area contributed by atoms with Gasteiger partial charge in [-0.25, -0.2) is 4.39 Å². The van der Waals surface area contributed by atoms with Crippen LogP contribution in [0.25, 0.3) is 0 Å². The summed E-state index contributed by atoms with van der Waals surface area (Å²) in [5, 5.41) is 3.07. The normalized spacial score (nSPS) is 15.8. The van der Waals surface area contributed by atoms with Crippen molar-refractivity contribution in [2.75, 3.05) is 56.6 Å². The molecule has 29 heavy (non-hydrogen) atoms. The second-order valence-electron chi connectivity index (χ2n) is 7.66. The summed E-state index contributed by atoms with van der Waals surface area (Å²) in [7, 11) is 4.06. The summed E-state index contributed by atoms with van der Waals surface area (Å²) in [6.45, 7) is 6.00. The van der Waals surface area contributed by atoms with Crippen LogP contribution in [0, 0.1) is 5.82 Å². The maximum Gasteiger partial charge on any atom is 0.219 e. The second-order valence-corrected chi connectivity index (χ2v) is 7.66. The molecule has 1 fully saturated rings. The van der Waals surface area contributed by atoms with Crippen molar-refractivity contribution < 1.29 is 9.18 Å². The van der Waals surface area contributed by atoms with Gasteiger partial charge in [0.25, 0.3) is 0 Å². The van der Waals surface area contributed by atoms with E-state index in [0.717, 1.165) is 37.6 Å². The largest absolute Gasteiger partial charge is 0.378 e. The van der Waals surface area contributed by atoms with Gasteiger partial charge < -0.3 is 15.1 Å². The van der Waals surface area contributed by atoms with Crippen molar-refractivity contribution in [3.05, 3.63) is 59.9 Å². The molecule has 0 bridgehead atoms. The Hall–Kier alpha value is -2.60. The summed E-state index contributed by atoms with van der Waals surface area (Å²) in [6.07, 6.45) is 0.491. The number of nitrogens with one attached hydrogen (secondary N) is 1. The fourth-order valence-electron chi connectivity index (χ4n) is 3.73. The first-order valence-corrected chi connectivity index (χ1v) is 10.3. The van der Waals surface area contributed by atoms with Crippen molar-refractivity contribution >= 4 is 17.3 Å². The molecule has 0 unspecified atom stereocenters. The van der Waals surface area contributed by atoms with Crippen LogP contribution >= 0.6 is 0 Å². The van der Waals surface area contributed by atoms with Crippen molar-refractivity contribution in [1.29, 1.82) is 0 Å². The van der Waals surface area contributed by atoms with Gasteiger partial charge in [-0.2, -0.15) is 0 Å². The van der Waals surface area contributed by atoms with Crippen LogP contribution in [0.5, 0.6) is 0 Å². The first kappa shape index (κ1) is 21.1. The van der Waals surface area contributed by atoms with E-state index in [1.54, 1.807) is 0 Å². The lowest BCUT2D eigenvalue weighted by Gasteiger charge is -2.40. The van der Waals surface area contributed by atoms with Gasteiger partial charge in [0.05, 0.1) is 6.04 Å². The zero-order chi connectivity index (χ0) is 20.8. The number of hydrogen-bond acceptors (Lipinski definition) is 4. The zero-order valence-corrected chi connectivity index (χ0v) is 17.6. The average molecular weight is 399 g/mol. The highest BCUT2D eigenvalue weighted by Crippen LogP contribution is 2.26. The Balaban J connectivity index is 1.70. The number of hydrogen-bond donors (Lipinski definition) is 1. The van der Waals surface area contributed by atoms with E-state index in [1.807, 2.05) is 33.2 Å². The van der Waals surface area contributed by atoms with E-state index in [9.17, 15) is 9.18 Å². The highest BCUT2D eigenvalue weighted by molar-refractivity contribution is 5.75. The molecular weight excluding hydrogens is 367 g/mol. The monoisotopic (exact) mass is 398 g/mol. The maximum absolute atomic E-state index is 13.2. The van der Waals surface area contributed by atoms with Crippen LogP contribution in [0.4, 0.5) is 15.8 Å². The Morgan fingerprint density at radius 1 is 1.03 bits per heavy atom. The van der Waals surface area contributed by atoms with Gasteiger partial charge >= 0.3 is 0 Å². The number of rotatable bonds is 7. The van der Waals surface area contributed by atoms with Crippen LogP contribution in [-0.4, -0.2) is 57.6 Å². The number of carbonyl (C=O) groups is 1. The molecule has 5 nitrogen and oxygen atoms in total. The van der Waals surface area contributed by atoms with Gasteiger partial charge in [-0.15, -0.1) is 0 Å². The quantitative estimate of drug-likeness (QED) is 0.777. The van der Waals surface area contributed by atoms with Crippen LogP contribution in [0.1, 0.15) is 24.9 Å². The molecule has 1 N–H and O–H groups in total. The molecule has 1 amide bonds. The Morgan fingerprint density at radius 2 is 1.66 bits per heavy atom. The number of nitrogens with zero attached hydrogens (tertiary/aromatic N) is 3. The van der Waals surface area contributed by atoms with E-state index in [4.69, 9.17) is 0 Å². The third-order valence-electron chi connectivity index (χ3n) is 5.55. The number of halogens is 1. The smallest absolute Gasteiger partial charge is 0.219 e. The third-order valence-corrected chi connectivity index (χ3v) is 5.55. The maximum atomic E-state index is 13.2. The summed E-state index contributed by atoms with van der Waals surface area (Å²) in [4.78, 5) is 18.7. The van der Waals surface area contributed by atoms with Gasteiger partial charge in [-0.1, -0.05) is 19.1 Å². The van der Waals surface area contributed by atoms with Crippen LogP contribution < -0.4 is 15.1 Å². The lowest BCUT2D eigenvalue weighted by Crippen LogP contribution is -2.49. The summed E-state index contributed by atoms with van der Waals surface area (Å²) in [6, 6.07) is 15.4. The summed E-state index contributed by atoms with van der Waals surface area (Å²) < 4.78 is 13.2. The van der Waals surface area contributed by atoms with Gasteiger partial charge in [0, 0.05) is 64.6 Å². The molecule has 0 radical (unpaired) electrons. The Kier molecular flexibility index (Phi) is 7.09. The van der Waals surface area contributed by atoms with Crippen LogP contribution in [0.15, 0.2) is 48.5 Å². The van der Waals surface area contributed by atoms with Gasteiger partial charge in [0.1, 0.15) is 5.82 Å². The van der Waals surface area contributed by atoms with E-state index >= 15 is 0 Å². The number of benzene rings is 2. The zero-order valence-electron chi connectivity index (χ0n) is 17.6. The van der Waals surface area contributed by atoms with E-state index in [1.165, 1.54) is 17.7 Å². The molecule has 2 aromatic carbocycles. The molecule has 0 aliphatic carbocycles. The van der Waals surface area contributed by atoms with Gasteiger partial charge in [-0.05, 0) is 42.0 Å². The Morgan fingerprint density at radius 3 is 2.21 bits per heavy atom. The molecule has 2 aromatic rings. The molecule has 1 heterocycles. The SMILES string of the molecule is CCC(=O)NC[C@H](c1ccc(N(C)C)cc1)N1CCN(c2ccc(F)cc2)CC1. The van der Waals surface area contributed by atoms with E-state index in [2.05, 4.69) is 44.3 Å². The van der Waals surface area contributed by atoms with Crippen LogP contribution in [-0.2, 0) is 4.79 Å². The minimum atomic E-state index is -0.208. The fourth-order valence-corrected chi connectivity index (χ4v) is 3.73. The first-order chi connectivity index (χ1) is 14.0. The Labute approximate surface area is 173 Å². The predicted octanol–water partition coefficient (Wildman–Crippen LogP) is 3.28. The average Bonchev–Trinajstić information content (AvgIpc) is 2.75. The molecule has 1 aliphatic rings. The lowest BCUT2D eigenvalue weighted by molar-refractivity contribution is -0.121. The minimum Gasteiger partial charge on any atom is -0.378 e. The van der Waals surface area contributed by atoms with Crippen LogP contribution in [0.2, 0.25) is 0 Å². The fraction of sp³-hybridized carbons (Fsp3) is 0.435. The summed E-state index contributed by atoms with van der Waals surface area (Å²) in [5.41, 5.74) is 3.42. The minimum absolute atomic E-state index is 0.0739. The van der Waals surface area contributed by atoms with Crippen molar-refractivity contribution in [2.45, 2.75) is 19.4 Å². The summed E-state index contributed by atoms with van der Waals surface area (Å²) in [5.74, 6) is -0.134. The number of amides is 1. The highest BCUT2D eigenvalue weighted by Gasteiger charge is 2.25. The third kappa shape index (κ3) is 5.48. The second kappa shape index (κ2) is 9.74. The molecule has 6 heteroatoms. The molecule has 0 aromatic heterocycles. The van der Waals surface area contributed by atoms with Gasteiger partial charge in [0.2, 0.25) is 5.91 Å². The molecule has 156 valence electrons. The molecule has 3 rings (SSSR count). The molecule has 1 aliphatic heterocycles. The van der Waals surface area contributed by atoms with E-state index in [-0.39, 0.29) is 17.8 Å². The van der Waals surface area contributed by atoms with E-state index < -0.39 is 0 Å². The molecule has 1 saturated heterocycles. The first-order valence-electron chi connectivity index (χ1n) is 10.3. The molecular formula is C23H31FN4O. The standard InChI is InChI=1S/C23H31FN4O/c1-4-23(29)25-17-22(18-5-9-20(10-6-18)26(2)3)28-15-13-27(14-16-28)21-11-7-19(24)8-12-21/h5-12,22H,4,13-17H2,1-3H3,(H,25,29)/t22-/m1/s1. The van der Waals surface area contributed by atoms with Gasteiger partial charge in [-0.3, -0.25) is 9.69 Å². The topological polar surface area (TPSA) is 38.8 Å². The number of carbonyl (C=O) groups excluding carboxylic acids is 1. The van der Waals surface area contributed by atoms with Crippen molar-refractivity contribution in [1.82, 2.24) is 10.2 Å². The molecule has 1 atom stereocenters. The Bertz CT molecular complexity index is 784. The number of piperazine rings is 1. The molecule has 0 spiro atoms. The van der Waals surface area contributed by atoms with Crippen molar-refractivity contribution in [2.24, 2.45) is 0 Å². The lowest BCUT2D eigenvalue weighted by atomic mass is 10.0. The van der Waals surface area contributed by atoms with Crippen molar-refractivity contribution in [3.8, 4) is 0 Å². The van der Waals surface area contributed by atoms with Crippen molar-refractivity contribution in [3.63, 3.8) is 0 Å². The van der Waals surface area contributed by atoms with E-state index in [0.29, 0.717) is 13.0 Å².